The van der Waals surface area contributed by atoms with Gasteiger partial charge in [0.2, 0.25) is 0 Å². The number of aromatic nitrogens is 1. The normalized spacial score (nSPS) is 17.8. The third-order valence-electron chi connectivity index (χ3n) is 3.10. The van der Waals surface area contributed by atoms with Crippen molar-refractivity contribution in [3.05, 3.63) is 24.0 Å². The first-order valence-corrected chi connectivity index (χ1v) is 5.91. The first-order valence-electron chi connectivity index (χ1n) is 5.91. The van der Waals surface area contributed by atoms with Crippen molar-refractivity contribution < 1.29 is 0 Å². The summed E-state index contributed by atoms with van der Waals surface area (Å²) in [5.41, 5.74) is 7.15. The van der Waals surface area contributed by atoms with Gasteiger partial charge in [0.05, 0.1) is 5.69 Å². The second-order valence-corrected chi connectivity index (χ2v) is 4.43. The van der Waals surface area contributed by atoms with Gasteiger partial charge >= 0.3 is 0 Å². The molecule has 0 radical (unpaired) electrons. The fraction of sp³-hybridized carbons (Fsp3) is 0.500. The number of rotatable bonds is 2. The third-order valence-corrected chi connectivity index (χ3v) is 3.10. The van der Waals surface area contributed by atoms with Gasteiger partial charge in [-0.2, -0.15) is 0 Å². The van der Waals surface area contributed by atoms with Crippen LogP contribution in [0, 0.1) is 5.41 Å². The van der Waals surface area contributed by atoms with E-state index in [1.54, 1.807) is 6.20 Å². The summed E-state index contributed by atoms with van der Waals surface area (Å²) in [5, 5.41) is 7.57. The number of nitrogens with zero attached hydrogens (tertiary/aromatic N) is 3. The molecule has 1 fully saturated rings. The average Bonchev–Trinajstić information content (AvgIpc) is 2.54. The number of hydrogen-bond acceptors (Lipinski definition) is 4. The molecule has 5 heteroatoms. The van der Waals surface area contributed by atoms with E-state index in [-0.39, 0.29) is 5.84 Å². The zero-order chi connectivity index (χ0) is 12.3. The lowest BCUT2D eigenvalue weighted by Crippen LogP contribution is -2.31. The number of nitrogens with two attached hydrogens (primary N) is 1. The Bertz CT molecular complexity index is 404. The van der Waals surface area contributed by atoms with E-state index in [1.807, 2.05) is 12.1 Å². The maximum Gasteiger partial charge on any atom is 0.143 e. The highest BCUT2D eigenvalue weighted by atomic mass is 15.2. The van der Waals surface area contributed by atoms with Gasteiger partial charge in [0, 0.05) is 25.8 Å². The smallest absolute Gasteiger partial charge is 0.143 e. The molecule has 0 bridgehead atoms. The molecule has 2 heterocycles. The van der Waals surface area contributed by atoms with E-state index in [0.29, 0.717) is 5.69 Å². The van der Waals surface area contributed by atoms with Crippen molar-refractivity contribution in [2.24, 2.45) is 5.73 Å². The summed E-state index contributed by atoms with van der Waals surface area (Å²) >= 11 is 0. The predicted octanol–water partition coefficient (Wildman–Crippen LogP) is 0.508. The molecule has 1 aromatic heterocycles. The molecule has 0 atom stereocenters. The first-order chi connectivity index (χ1) is 8.18. The van der Waals surface area contributed by atoms with Crippen LogP contribution in [0.4, 0.5) is 5.69 Å². The highest BCUT2D eigenvalue weighted by molar-refractivity contribution is 5.98. The molecule has 2 rings (SSSR count). The molecule has 0 saturated carbocycles. The molecule has 1 saturated heterocycles. The number of anilines is 1. The molecule has 3 N–H and O–H groups in total. The summed E-state index contributed by atoms with van der Waals surface area (Å²) in [7, 11) is 2.14. The third kappa shape index (κ3) is 2.74. The van der Waals surface area contributed by atoms with Crippen LogP contribution in [0.2, 0.25) is 0 Å². The van der Waals surface area contributed by atoms with Crippen LogP contribution >= 0.6 is 0 Å². The summed E-state index contributed by atoms with van der Waals surface area (Å²) in [6.07, 6.45) is 2.81. The van der Waals surface area contributed by atoms with E-state index in [2.05, 4.69) is 21.8 Å². The van der Waals surface area contributed by atoms with Crippen LogP contribution in [0.15, 0.2) is 18.3 Å². The Morgan fingerprint density at radius 1 is 1.35 bits per heavy atom. The lowest BCUT2D eigenvalue weighted by Gasteiger charge is -2.24. The van der Waals surface area contributed by atoms with Gasteiger partial charge in [-0.3, -0.25) is 10.4 Å². The Morgan fingerprint density at radius 3 is 2.94 bits per heavy atom. The Hall–Kier alpha value is -1.62. The molecule has 0 unspecified atom stereocenters. The predicted molar refractivity (Wildman–Crippen MR) is 69.6 cm³/mol. The van der Waals surface area contributed by atoms with Gasteiger partial charge in [-0.15, -0.1) is 0 Å². The highest BCUT2D eigenvalue weighted by Crippen LogP contribution is 2.19. The topological polar surface area (TPSA) is 69.2 Å². The lowest BCUT2D eigenvalue weighted by molar-refractivity contribution is 0.360. The monoisotopic (exact) mass is 233 g/mol. The maximum atomic E-state index is 7.57. The SMILES string of the molecule is CN1CCCN(c2cccnc2C(=N)N)CC1. The van der Waals surface area contributed by atoms with Crippen LogP contribution in [0.3, 0.4) is 0 Å². The standard InChI is InChI=1S/C12H19N5/c1-16-6-3-7-17(9-8-16)10-4-2-5-15-11(10)12(13)14/h2,4-5H,3,6-9H2,1H3,(H3,13,14). The zero-order valence-electron chi connectivity index (χ0n) is 10.2. The van der Waals surface area contributed by atoms with Crippen LogP contribution in [0.1, 0.15) is 12.1 Å². The number of amidine groups is 1. The van der Waals surface area contributed by atoms with Crippen molar-refractivity contribution in [2.75, 3.05) is 38.1 Å². The quantitative estimate of drug-likeness (QED) is 0.577. The zero-order valence-corrected chi connectivity index (χ0v) is 10.2. The Morgan fingerprint density at radius 2 is 2.18 bits per heavy atom. The fourth-order valence-corrected chi connectivity index (χ4v) is 2.15. The summed E-state index contributed by atoms with van der Waals surface area (Å²) in [4.78, 5) is 8.79. The van der Waals surface area contributed by atoms with Gasteiger partial charge in [-0.1, -0.05) is 0 Å². The highest BCUT2D eigenvalue weighted by Gasteiger charge is 2.16. The minimum Gasteiger partial charge on any atom is -0.382 e. The number of nitrogens with one attached hydrogen (secondary N) is 1. The van der Waals surface area contributed by atoms with Crippen molar-refractivity contribution >= 4 is 11.5 Å². The molecule has 0 aliphatic carbocycles. The molecular weight excluding hydrogens is 214 g/mol. The largest absolute Gasteiger partial charge is 0.382 e. The van der Waals surface area contributed by atoms with Crippen molar-refractivity contribution in [3.63, 3.8) is 0 Å². The van der Waals surface area contributed by atoms with Crippen LogP contribution in [0.25, 0.3) is 0 Å². The van der Waals surface area contributed by atoms with Gasteiger partial charge in [-0.05, 0) is 32.1 Å². The van der Waals surface area contributed by atoms with E-state index in [4.69, 9.17) is 11.1 Å². The van der Waals surface area contributed by atoms with Crippen molar-refractivity contribution in [1.82, 2.24) is 9.88 Å². The fourth-order valence-electron chi connectivity index (χ4n) is 2.15. The lowest BCUT2D eigenvalue weighted by atomic mass is 10.2. The van der Waals surface area contributed by atoms with Gasteiger partial charge in [0.15, 0.2) is 0 Å². The minimum absolute atomic E-state index is 0.0400. The Kier molecular flexibility index (Phi) is 3.58. The molecule has 92 valence electrons. The molecule has 1 aromatic rings. The molecule has 5 nitrogen and oxygen atoms in total. The van der Waals surface area contributed by atoms with Gasteiger partial charge < -0.3 is 15.5 Å². The first kappa shape index (κ1) is 11.9. The summed E-state index contributed by atoms with van der Waals surface area (Å²) in [6, 6.07) is 3.89. The summed E-state index contributed by atoms with van der Waals surface area (Å²) in [5.74, 6) is 0.0400. The van der Waals surface area contributed by atoms with Crippen LogP contribution in [0.5, 0.6) is 0 Å². The minimum atomic E-state index is 0.0400. The van der Waals surface area contributed by atoms with Gasteiger partial charge in [-0.25, -0.2) is 0 Å². The van der Waals surface area contributed by atoms with Crippen LogP contribution in [-0.2, 0) is 0 Å². The van der Waals surface area contributed by atoms with Gasteiger partial charge in [0.1, 0.15) is 11.5 Å². The summed E-state index contributed by atoms with van der Waals surface area (Å²) in [6.45, 7) is 4.11. The van der Waals surface area contributed by atoms with Crippen molar-refractivity contribution in [1.29, 1.82) is 5.41 Å². The number of likely N-dealkylation sites (N-methyl/N-ethyl adjacent to an activating group) is 1. The van der Waals surface area contributed by atoms with E-state index >= 15 is 0 Å². The van der Waals surface area contributed by atoms with E-state index in [9.17, 15) is 0 Å². The number of pyridine rings is 1. The van der Waals surface area contributed by atoms with E-state index in [1.165, 1.54) is 0 Å². The van der Waals surface area contributed by atoms with E-state index < -0.39 is 0 Å². The Labute approximate surface area is 102 Å². The second kappa shape index (κ2) is 5.14. The molecular formula is C12H19N5. The molecule has 17 heavy (non-hydrogen) atoms. The number of nitrogen functional groups attached to an aromatic ring is 1. The van der Waals surface area contributed by atoms with E-state index in [0.717, 1.165) is 38.3 Å². The molecule has 1 aliphatic rings. The Balaban J connectivity index is 2.24. The molecule has 0 spiro atoms. The van der Waals surface area contributed by atoms with Crippen molar-refractivity contribution in [3.8, 4) is 0 Å². The van der Waals surface area contributed by atoms with Gasteiger partial charge in [0.25, 0.3) is 0 Å². The molecule has 1 aliphatic heterocycles. The maximum absolute atomic E-state index is 7.57. The number of hydrogen-bond donors (Lipinski definition) is 2. The molecule has 0 aromatic carbocycles. The van der Waals surface area contributed by atoms with Crippen LogP contribution < -0.4 is 10.6 Å². The van der Waals surface area contributed by atoms with Crippen molar-refractivity contribution in [2.45, 2.75) is 6.42 Å². The summed E-state index contributed by atoms with van der Waals surface area (Å²) < 4.78 is 0. The molecule has 0 amide bonds. The second-order valence-electron chi connectivity index (χ2n) is 4.43. The average molecular weight is 233 g/mol. The van der Waals surface area contributed by atoms with Crippen LogP contribution in [-0.4, -0.2) is 48.9 Å².